The van der Waals surface area contributed by atoms with Gasteiger partial charge in [-0.1, -0.05) is 61.3 Å². The minimum absolute atomic E-state index is 0.109. The molecule has 4 aromatic rings. The Balaban J connectivity index is 0.000000271. The van der Waals surface area contributed by atoms with Gasteiger partial charge in [-0.15, -0.1) is 0 Å². The van der Waals surface area contributed by atoms with E-state index in [-0.39, 0.29) is 57.3 Å². The van der Waals surface area contributed by atoms with Crippen molar-refractivity contribution < 1.29 is 59.4 Å². The lowest BCUT2D eigenvalue weighted by atomic mass is 9.98. The lowest BCUT2D eigenvalue weighted by Gasteiger charge is -2.26. The quantitative estimate of drug-likeness (QED) is 0.0485. The van der Waals surface area contributed by atoms with E-state index in [1.165, 1.54) is 52.3 Å². The Morgan fingerprint density at radius 2 is 0.959 bits per heavy atom. The van der Waals surface area contributed by atoms with E-state index >= 15 is 0 Å². The summed E-state index contributed by atoms with van der Waals surface area (Å²) < 4.78 is 97.1. The molecule has 402 valence electrons. The molecule has 13 nitrogen and oxygen atoms in total. The molecular formula is C54H70Cl2F2N2O11S2. The van der Waals surface area contributed by atoms with Gasteiger partial charge in [0.1, 0.15) is 11.6 Å². The summed E-state index contributed by atoms with van der Waals surface area (Å²) in [7, 11) is -0.651. The largest absolute Gasteiger partial charge is 0.491 e. The van der Waals surface area contributed by atoms with Crippen LogP contribution in [0.3, 0.4) is 0 Å². The number of hydrogen-bond acceptors (Lipinski definition) is 13. The molecule has 0 N–H and O–H groups in total. The van der Waals surface area contributed by atoms with E-state index in [9.17, 15) is 31.0 Å². The molecule has 0 aliphatic carbocycles. The van der Waals surface area contributed by atoms with Gasteiger partial charge in [-0.25, -0.2) is 17.2 Å². The Morgan fingerprint density at radius 1 is 0.603 bits per heavy atom. The average Bonchev–Trinajstić information content (AvgIpc) is 3.35. The van der Waals surface area contributed by atoms with Crippen LogP contribution in [0.1, 0.15) is 108 Å². The summed E-state index contributed by atoms with van der Waals surface area (Å²) in [4.78, 5) is 29.6. The molecule has 2 atom stereocenters. The number of nitrogens with zero attached hydrogens (tertiary/aromatic N) is 2. The summed E-state index contributed by atoms with van der Waals surface area (Å²) in [6.07, 6.45) is 2.68. The first-order valence-electron chi connectivity index (χ1n) is 24.6. The van der Waals surface area contributed by atoms with Crippen molar-refractivity contribution in [2.24, 2.45) is 0 Å². The van der Waals surface area contributed by atoms with Crippen LogP contribution in [-0.4, -0.2) is 137 Å². The summed E-state index contributed by atoms with van der Waals surface area (Å²) >= 11 is 13.1. The molecular weight excluding hydrogens is 1030 g/mol. The fraction of sp³-hybridized carbons (Fsp3) is 0.519. The summed E-state index contributed by atoms with van der Waals surface area (Å²) in [6, 6.07) is 12.8. The second kappa shape index (κ2) is 28.4. The van der Waals surface area contributed by atoms with Crippen LogP contribution in [0.4, 0.5) is 8.78 Å². The molecule has 0 amide bonds. The molecule has 2 saturated heterocycles. The highest BCUT2D eigenvalue weighted by atomic mass is 35.5. The minimum Gasteiger partial charge on any atom is -0.491 e. The zero-order valence-corrected chi connectivity index (χ0v) is 46.4. The van der Waals surface area contributed by atoms with Crippen LogP contribution in [0.15, 0.2) is 48.5 Å². The summed E-state index contributed by atoms with van der Waals surface area (Å²) in [5.41, 5.74) is 3.87. The summed E-state index contributed by atoms with van der Waals surface area (Å²) in [5, 5.41) is 0.606. The van der Waals surface area contributed by atoms with Gasteiger partial charge in [-0.05, 0) is 112 Å². The molecule has 2 aliphatic rings. The maximum atomic E-state index is 13.3. The SMILES string of the molecule is COc1c(Cl)c(C)c(C(C)=O)c(OCCCN2CCS(=O)(=O)CC2)c1OCCC(C)c1ccc(F)cc1.COc1c(Cl)c(C)c(C(C)=O)c(OCCCN2CCS(=O)CC2)c1OCCC(C)c1ccc(F)cc1. The van der Waals surface area contributed by atoms with Gasteiger partial charge in [-0.3, -0.25) is 13.8 Å². The molecule has 0 radical (unpaired) electrons. The predicted molar refractivity (Wildman–Crippen MR) is 285 cm³/mol. The molecule has 19 heteroatoms. The van der Waals surface area contributed by atoms with Gasteiger partial charge in [0.05, 0.1) is 73.3 Å². The van der Waals surface area contributed by atoms with Gasteiger partial charge in [-0.2, -0.15) is 0 Å². The monoisotopic (exact) mass is 1090 g/mol. The third-order valence-electron chi connectivity index (χ3n) is 13.1. The second-order valence-electron chi connectivity index (χ2n) is 18.4. The molecule has 6 rings (SSSR count). The highest BCUT2D eigenvalue weighted by molar-refractivity contribution is 7.91. The minimum atomic E-state index is -2.93. The van der Waals surface area contributed by atoms with Crippen LogP contribution in [-0.2, 0) is 20.6 Å². The number of halogens is 4. The Kier molecular flexibility index (Phi) is 23.1. The van der Waals surface area contributed by atoms with Gasteiger partial charge in [0.2, 0.25) is 11.5 Å². The lowest BCUT2D eigenvalue weighted by molar-refractivity contribution is 0.0998. The smallest absolute Gasteiger partial charge is 0.205 e. The fourth-order valence-corrected chi connectivity index (χ4v) is 11.6. The van der Waals surface area contributed by atoms with Crippen LogP contribution in [0.5, 0.6) is 34.5 Å². The van der Waals surface area contributed by atoms with Crippen molar-refractivity contribution in [1.82, 2.24) is 9.80 Å². The van der Waals surface area contributed by atoms with Crippen molar-refractivity contribution in [3.05, 3.63) is 104 Å². The lowest BCUT2D eigenvalue weighted by Crippen LogP contribution is -2.40. The molecule has 2 heterocycles. The standard InChI is InChI=1S/C27H35ClFNO6S.C27H35ClFNO5S/c1-18(21-6-8-22(29)9-7-21)10-15-36-27-25(23(20(3)31)19(2)24(28)26(27)34-4)35-14-5-11-30-12-16-37(32,33)17-13-30;1-18(21-6-8-22(29)9-7-21)10-15-35-27-25(23(20(3)31)19(2)24(28)26(27)33-4)34-14-5-11-30-12-16-36(32)17-13-30/h6-9,18H,5,10-17H2,1-4H3;6-9,18H,5,10-17H2,1-4H3. The predicted octanol–water partition coefficient (Wildman–Crippen LogP) is 10.5. The highest BCUT2D eigenvalue weighted by Crippen LogP contribution is 2.49. The summed E-state index contributed by atoms with van der Waals surface area (Å²) in [6.45, 7) is 16.0. The molecule has 0 saturated carbocycles. The summed E-state index contributed by atoms with van der Waals surface area (Å²) in [5.74, 6) is 2.93. The maximum absolute atomic E-state index is 13.3. The molecule has 0 bridgehead atoms. The van der Waals surface area contributed by atoms with E-state index in [4.69, 9.17) is 51.6 Å². The maximum Gasteiger partial charge on any atom is 0.205 e. The number of sulfone groups is 1. The topological polar surface area (TPSA) is 147 Å². The Morgan fingerprint density at radius 3 is 1.32 bits per heavy atom. The van der Waals surface area contributed by atoms with Crippen LogP contribution in [0.25, 0.3) is 0 Å². The first kappa shape index (κ1) is 59.4. The van der Waals surface area contributed by atoms with Gasteiger partial charge in [0.15, 0.2) is 44.4 Å². The number of benzene rings is 4. The number of ketones is 2. The van der Waals surface area contributed by atoms with Crippen molar-refractivity contribution in [2.75, 3.05) is 103 Å². The van der Waals surface area contributed by atoms with Crippen molar-refractivity contribution in [3.63, 3.8) is 0 Å². The van der Waals surface area contributed by atoms with Crippen LogP contribution in [0.2, 0.25) is 10.0 Å². The van der Waals surface area contributed by atoms with Crippen LogP contribution < -0.4 is 28.4 Å². The third kappa shape index (κ3) is 16.7. The van der Waals surface area contributed by atoms with Gasteiger partial charge in [0.25, 0.3) is 0 Å². The van der Waals surface area contributed by atoms with Crippen molar-refractivity contribution >= 4 is 55.4 Å². The number of ether oxygens (including phenoxy) is 6. The van der Waals surface area contributed by atoms with Gasteiger partial charge < -0.3 is 38.2 Å². The van der Waals surface area contributed by atoms with Gasteiger partial charge >= 0.3 is 0 Å². The Bertz CT molecular complexity index is 2620. The van der Waals surface area contributed by atoms with E-state index in [2.05, 4.69) is 9.80 Å². The van der Waals surface area contributed by atoms with E-state index in [1.54, 1.807) is 38.1 Å². The van der Waals surface area contributed by atoms with E-state index in [0.717, 1.165) is 37.2 Å². The van der Waals surface area contributed by atoms with Crippen molar-refractivity contribution in [2.45, 2.75) is 79.1 Å². The van der Waals surface area contributed by atoms with Crippen LogP contribution >= 0.6 is 23.2 Å². The zero-order valence-electron chi connectivity index (χ0n) is 43.2. The number of methoxy groups -OCH3 is 2. The number of Topliss-reactive ketones (excluding diaryl/α,β-unsaturated/α-hetero) is 2. The van der Waals surface area contributed by atoms with Crippen molar-refractivity contribution in [3.8, 4) is 34.5 Å². The Hall–Kier alpha value is -4.52. The highest BCUT2D eigenvalue weighted by Gasteiger charge is 2.29. The number of carbonyl (C=O) groups excluding carboxylic acids is 2. The Labute approximate surface area is 442 Å². The molecule has 0 spiro atoms. The zero-order chi connectivity index (χ0) is 53.4. The first-order valence-corrected chi connectivity index (χ1v) is 28.7. The molecule has 2 fully saturated rings. The number of carbonyl (C=O) groups is 2. The average molecular weight is 1100 g/mol. The number of hydrogen-bond donors (Lipinski definition) is 0. The van der Waals surface area contributed by atoms with E-state index in [1.807, 2.05) is 13.8 Å². The van der Waals surface area contributed by atoms with Crippen LogP contribution in [0, 0.1) is 25.5 Å². The molecule has 73 heavy (non-hydrogen) atoms. The van der Waals surface area contributed by atoms with E-state index < -0.39 is 20.6 Å². The molecule has 2 aliphatic heterocycles. The van der Waals surface area contributed by atoms with Crippen molar-refractivity contribution in [1.29, 1.82) is 0 Å². The second-order valence-corrected chi connectivity index (χ2v) is 23.1. The first-order chi connectivity index (χ1) is 34.8. The molecule has 4 aromatic carbocycles. The number of rotatable bonds is 24. The normalized spacial score (nSPS) is 15.9. The van der Waals surface area contributed by atoms with Gasteiger partial charge in [0, 0.05) is 61.6 Å². The fourth-order valence-electron chi connectivity index (χ4n) is 8.67. The third-order valence-corrected chi connectivity index (χ3v) is 16.9. The molecule has 0 aromatic heterocycles. The van der Waals surface area contributed by atoms with E-state index in [0.29, 0.717) is 133 Å². The molecule has 2 unspecified atom stereocenters.